The van der Waals surface area contributed by atoms with Gasteiger partial charge < -0.3 is 10.1 Å². The molecule has 2 aromatic rings. The molecule has 0 radical (unpaired) electrons. The lowest BCUT2D eigenvalue weighted by Gasteiger charge is -2.30. The van der Waals surface area contributed by atoms with Crippen molar-refractivity contribution >= 4 is 28.9 Å². The fraction of sp³-hybridized carbons (Fsp3) is 0.438. The second kappa shape index (κ2) is 7.93. The SMILES string of the molecule is O=c1c(Cl)c(Cl)cnn1[C@H]1CC[C@H](Nc2ccc(OC(F)(F)F)nc2)CC1. The van der Waals surface area contributed by atoms with E-state index in [1.807, 2.05) is 0 Å². The summed E-state index contributed by atoms with van der Waals surface area (Å²) in [5.41, 5.74) is 0.183. The number of hydrogen-bond acceptors (Lipinski definition) is 5. The smallest absolute Gasteiger partial charge is 0.388 e. The molecule has 0 aliphatic heterocycles. The predicted octanol–water partition coefficient (Wildman–Crippen LogP) is 4.44. The van der Waals surface area contributed by atoms with Crippen LogP contribution in [-0.2, 0) is 0 Å². The van der Waals surface area contributed by atoms with Crippen LogP contribution in [0.15, 0.2) is 29.3 Å². The quantitative estimate of drug-likeness (QED) is 0.788. The lowest BCUT2D eigenvalue weighted by Crippen LogP contribution is -2.33. The third kappa shape index (κ3) is 5.04. The highest BCUT2D eigenvalue weighted by molar-refractivity contribution is 6.41. The molecule has 0 aromatic carbocycles. The minimum Gasteiger partial charge on any atom is -0.388 e. The standard InChI is InChI=1S/C16H15Cl2F3N4O2/c17-12-8-23-25(15(26)14(12)18)11-4-1-9(2-5-11)24-10-3-6-13(22-7-10)27-16(19,20)21/h3,6-9,11,24H,1-2,4-5H2/t9-,11-. The summed E-state index contributed by atoms with van der Waals surface area (Å²) in [6.07, 6.45) is 0.775. The van der Waals surface area contributed by atoms with E-state index >= 15 is 0 Å². The van der Waals surface area contributed by atoms with Crippen LogP contribution >= 0.6 is 23.2 Å². The summed E-state index contributed by atoms with van der Waals surface area (Å²) in [7, 11) is 0. The minimum absolute atomic E-state index is 0.0424. The Hall–Kier alpha value is -2.00. The lowest BCUT2D eigenvalue weighted by molar-refractivity contribution is -0.276. The Morgan fingerprint density at radius 1 is 1.15 bits per heavy atom. The first kappa shape index (κ1) is 19.8. The van der Waals surface area contributed by atoms with Crippen LogP contribution in [0, 0.1) is 0 Å². The zero-order chi connectivity index (χ0) is 19.6. The molecule has 2 heterocycles. The van der Waals surface area contributed by atoms with Crippen LogP contribution in [0.3, 0.4) is 0 Å². The fourth-order valence-corrected chi connectivity index (χ4v) is 3.29. The molecule has 146 valence electrons. The Balaban J connectivity index is 1.57. The molecule has 0 unspecified atom stereocenters. The first-order valence-corrected chi connectivity index (χ1v) is 8.89. The van der Waals surface area contributed by atoms with Gasteiger partial charge in [-0.3, -0.25) is 4.79 Å². The van der Waals surface area contributed by atoms with Gasteiger partial charge in [-0.25, -0.2) is 9.67 Å². The summed E-state index contributed by atoms with van der Waals surface area (Å²) < 4.78 is 41.5. The van der Waals surface area contributed by atoms with E-state index in [1.54, 1.807) is 0 Å². The number of ether oxygens (including phenoxy) is 1. The maximum Gasteiger partial charge on any atom is 0.574 e. The van der Waals surface area contributed by atoms with E-state index in [0.29, 0.717) is 18.5 Å². The molecule has 1 fully saturated rings. The Morgan fingerprint density at radius 2 is 1.85 bits per heavy atom. The van der Waals surface area contributed by atoms with Crippen molar-refractivity contribution in [2.24, 2.45) is 0 Å². The van der Waals surface area contributed by atoms with Crippen molar-refractivity contribution in [3.05, 3.63) is 44.9 Å². The molecule has 0 amide bonds. The molecule has 0 saturated heterocycles. The molecule has 1 aliphatic carbocycles. The number of halogens is 5. The van der Waals surface area contributed by atoms with Crippen LogP contribution < -0.4 is 15.6 Å². The molecule has 27 heavy (non-hydrogen) atoms. The van der Waals surface area contributed by atoms with E-state index in [-0.39, 0.29) is 22.1 Å². The van der Waals surface area contributed by atoms with Gasteiger partial charge in [0, 0.05) is 12.1 Å². The summed E-state index contributed by atoms with van der Waals surface area (Å²) in [6.45, 7) is 0. The predicted molar refractivity (Wildman–Crippen MR) is 94.4 cm³/mol. The zero-order valence-electron chi connectivity index (χ0n) is 13.8. The Labute approximate surface area is 162 Å². The highest BCUT2D eigenvalue weighted by Crippen LogP contribution is 2.30. The second-order valence-electron chi connectivity index (χ2n) is 6.14. The maximum atomic E-state index is 12.2. The summed E-state index contributed by atoms with van der Waals surface area (Å²) in [6, 6.07) is 2.66. The first-order chi connectivity index (χ1) is 12.7. The van der Waals surface area contributed by atoms with Crippen molar-refractivity contribution in [3.63, 3.8) is 0 Å². The number of aromatic nitrogens is 3. The van der Waals surface area contributed by atoms with Crippen LogP contribution in [0.25, 0.3) is 0 Å². The van der Waals surface area contributed by atoms with E-state index in [9.17, 15) is 18.0 Å². The van der Waals surface area contributed by atoms with E-state index in [4.69, 9.17) is 23.2 Å². The topological polar surface area (TPSA) is 69.0 Å². The highest BCUT2D eigenvalue weighted by atomic mass is 35.5. The number of nitrogens with one attached hydrogen (secondary N) is 1. The van der Waals surface area contributed by atoms with Crippen molar-refractivity contribution in [2.45, 2.75) is 44.1 Å². The van der Waals surface area contributed by atoms with Gasteiger partial charge in [0.1, 0.15) is 5.02 Å². The molecular formula is C16H15Cl2F3N4O2. The molecule has 2 aromatic heterocycles. The number of anilines is 1. The van der Waals surface area contributed by atoms with Crippen molar-refractivity contribution in [3.8, 4) is 5.88 Å². The second-order valence-corrected chi connectivity index (χ2v) is 6.92. The van der Waals surface area contributed by atoms with E-state index < -0.39 is 17.8 Å². The van der Waals surface area contributed by atoms with Crippen LogP contribution in [0.4, 0.5) is 18.9 Å². The molecular weight excluding hydrogens is 408 g/mol. The van der Waals surface area contributed by atoms with Crippen molar-refractivity contribution in [1.29, 1.82) is 0 Å². The molecule has 1 saturated carbocycles. The fourth-order valence-electron chi connectivity index (χ4n) is 3.03. The molecule has 3 rings (SSSR count). The van der Waals surface area contributed by atoms with Gasteiger partial charge in [-0.2, -0.15) is 5.10 Å². The first-order valence-electron chi connectivity index (χ1n) is 8.14. The third-order valence-corrected chi connectivity index (χ3v) is 5.02. The van der Waals surface area contributed by atoms with Gasteiger partial charge in [0.25, 0.3) is 5.56 Å². The van der Waals surface area contributed by atoms with Crippen molar-refractivity contribution in [1.82, 2.24) is 14.8 Å². The Bertz CT molecular complexity index is 850. The number of nitrogens with zero attached hydrogens (tertiary/aromatic N) is 3. The number of pyridine rings is 1. The van der Waals surface area contributed by atoms with E-state index in [1.165, 1.54) is 23.1 Å². The minimum atomic E-state index is -4.77. The summed E-state index contributed by atoms with van der Waals surface area (Å²) in [4.78, 5) is 15.8. The molecule has 0 bridgehead atoms. The van der Waals surface area contributed by atoms with Crippen LogP contribution in [-0.4, -0.2) is 27.2 Å². The molecule has 0 spiro atoms. The summed E-state index contributed by atoms with van der Waals surface area (Å²) in [5.74, 6) is -0.512. The average Bonchev–Trinajstić information content (AvgIpc) is 2.61. The monoisotopic (exact) mass is 422 g/mol. The molecule has 6 nitrogen and oxygen atoms in total. The third-order valence-electron chi connectivity index (χ3n) is 4.27. The number of rotatable bonds is 4. The highest BCUT2D eigenvalue weighted by Gasteiger charge is 2.31. The van der Waals surface area contributed by atoms with Gasteiger partial charge in [0.2, 0.25) is 5.88 Å². The van der Waals surface area contributed by atoms with Gasteiger partial charge >= 0.3 is 6.36 Å². The number of hydrogen-bond donors (Lipinski definition) is 1. The summed E-state index contributed by atoms with van der Waals surface area (Å²) in [5, 5.41) is 7.37. The Morgan fingerprint density at radius 3 is 2.44 bits per heavy atom. The summed E-state index contributed by atoms with van der Waals surface area (Å²) >= 11 is 11.7. The largest absolute Gasteiger partial charge is 0.574 e. The van der Waals surface area contributed by atoms with Gasteiger partial charge in [-0.15, -0.1) is 13.2 Å². The molecule has 11 heteroatoms. The zero-order valence-corrected chi connectivity index (χ0v) is 15.4. The average molecular weight is 423 g/mol. The molecule has 0 atom stereocenters. The van der Waals surface area contributed by atoms with Crippen LogP contribution in [0.5, 0.6) is 5.88 Å². The van der Waals surface area contributed by atoms with Crippen LogP contribution in [0.2, 0.25) is 10.0 Å². The van der Waals surface area contributed by atoms with Gasteiger partial charge in [-0.1, -0.05) is 23.2 Å². The van der Waals surface area contributed by atoms with E-state index in [2.05, 4.69) is 20.1 Å². The van der Waals surface area contributed by atoms with E-state index in [0.717, 1.165) is 18.9 Å². The van der Waals surface area contributed by atoms with Gasteiger partial charge in [0.05, 0.1) is 29.1 Å². The molecule has 1 aliphatic rings. The van der Waals surface area contributed by atoms with Gasteiger partial charge in [0.15, 0.2) is 0 Å². The Kier molecular flexibility index (Phi) is 5.81. The lowest BCUT2D eigenvalue weighted by atomic mass is 9.91. The van der Waals surface area contributed by atoms with Crippen LogP contribution in [0.1, 0.15) is 31.7 Å². The van der Waals surface area contributed by atoms with Gasteiger partial charge in [-0.05, 0) is 31.7 Å². The maximum absolute atomic E-state index is 12.2. The van der Waals surface area contributed by atoms with Crippen molar-refractivity contribution < 1.29 is 17.9 Å². The van der Waals surface area contributed by atoms with Crippen molar-refractivity contribution in [2.75, 3.05) is 5.32 Å². The normalized spacial score (nSPS) is 20.3. The molecule has 1 N–H and O–H groups in total. The number of alkyl halides is 3.